The Labute approximate surface area is 169 Å². The number of aromatic nitrogens is 1. The van der Waals surface area contributed by atoms with Crippen molar-refractivity contribution in [2.24, 2.45) is 4.99 Å². The third kappa shape index (κ3) is 3.31. The molecule has 0 atom stereocenters. The number of hydrogen-bond donors (Lipinski definition) is 0. The van der Waals surface area contributed by atoms with Gasteiger partial charge < -0.3 is 0 Å². The maximum atomic E-state index is 5.11. The van der Waals surface area contributed by atoms with Gasteiger partial charge in [0.15, 0.2) is 0 Å². The fourth-order valence-corrected chi connectivity index (χ4v) is 5.08. The van der Waals surface area contributed by atoms with Gasteiger partial charge in [-0.25, -0.2) is 4.99 Å². The van der Waals surface area contributed by atoms with E-state index in [1.165, 1.54) is 16.6 Å². The minimum absolute atomic E-state index is 0.992. The summed E-state index contributed by atoms with van der Waals surface area (Å²) in [5.74, 6) is 0. The van der Waals surface area contributed by atoms with Gasteiger partial charge in [0.1, 0.15) is 0 Å². The summed E-state index contributed by atoms with van der Waals surface area (Å²) in [5.41, 5.74) is 6.65. The standard InChI is InChI=1S/C22H17IN2S/c1-16-15-19-20(13-8-14-21(19)25(16)26-23)24-22(17-9-4-2-5-10-17)18-11-6-3-7-12-18/h2-15H,1H3. The smallest absolute Gasteiger partial charge is 0.0781 e. The third-order valence-corrected chi connectivity index (χ3v) is 6.15. The number of hydrogen-bond acceptors (Lipinski definition) is 2. The summed E-state index contributed by atoms with van der Waals surface area (Å²) in [5, 5.41) is 1.18. The van der Waals surface area contributed by atoms with Crippen LogP contribution in [-0.2, 0) is 0 Å². The first-order valence-corrected chi connectivity index (χ1v) is 11.7. The Morgan fingerprint density at radius 1 is 0.846 bits per heavy atom. The van der Waals surface area contributed by atoms with Crippen LogP contribution in [0.1, 0.15) is 16.8 Å². The van der Waals surface area contributed by atoms with E-state index in [9.17, 15) is 0 Å². The highest BCUT2D eigenvalue weighted by molar-refractivity contribution is 14.2. The molecule has 4 rings (SSSR count). The highest BCUT2D eigenvalue weighted by Crippen LogP contribution is 2.34. The van der Waals surface area contributed by atoms with Gasteiger partial charge in [0.05, 0.1) is 16.9 Å². The monoisotopic (exact) mass is 468 g/mol. The molecule has 128 valence electrons. The molecule has 4 aromatic rings. The zero-order valence-corrected chi connectivity index (χ0v) is 17.2. The van der Waals surface area contributed by atoms with E-state index in [2.05, 4.69) is 105 Å². The van der Waals surface area contributed by atoms with Crippen molar-refractivity contribution in [3.05, 3.63) is 102 Å². The van der Waals surface area contributed by atoms with Gasteiger partial charge in [-0.1, -0.05) is 66.7 Å². The Kier molecular flexibility index (Phi) is 5.13. The lowest BCUT2D eigenvalue weighted by Crippen LogP contribution is -2.02. The molecule has 1 heterocycles. The lowest BCUT2D eigenvalue weighted by molar-refractivity contribution is 1.23. The van der Waals surface area contributed by atoms with Gasteiger partial charge in [-0.3, -0.25) is 3.97 Å². The molecule has 0 spiro atoms. The van der Waals surface area contributed by atoms with Crippen LogP contribution < -0.4 is 0 Å². The van der Waals surface area contributed by atoms with E-state index in [4.69, 9.17) is 4.99 Å². The van der Waals surface area contributed by atoms with E-state index in [1.54, 1.807) is 9.12 Å². The second kappa shape index (κ2) is 7.68. The van der Waals surface area contributed by atoms with Crippen molar-refractivity contribution < 1.29 is 0 Å². The fourth-order valence-electron chi connectivity index (χ4n) is 3.12. The van der Waals surface area contributed by atoms with Crippen molar-refractivity contribution in [3.63, 3.8) is 0 Å². The predicted molar refractivity (Wildman–Crippen MR) is 122 cm³/mol. The highest BCUT2D eigenvalue weighted by atomic mass is 127. The molecule has 4 heteroatoms. The van der Waals surface area contributed by atoms with Crippen molar-refractivity contribution in [1.29, 1.82) is 0 Å². The van der Waals surface area contributed by atoms with E-state index < -0.39 is 0 Å². The Bertz CT molecular complexity index is 1030. The summed E-state index contributed by atoms with van der Waals surface area (Å²) in [7, 11) is 1.69. The Morgan fingerprint density at radius 2 is 1.46 bits per heavy atom. The molecule has 0 aliphatic heterocycles. The van der Waals surface area contributed by atoms with Crippen LogP contribution in [0.5, 0.6) is 0 Å². The van der Waals surface area contributed by atoms with Crippen LogP contribution in [-0.4, -0.2) is 9.68 Å². The van der Waals surface area contributed by atoms with Gasteiger partial charge in [0, 0.05) is 52.5 Å². The van der Waals surface area contributed by atoms with Crippen LogP contribution >= 0.6 is 30.3 Å². The topological polar surface area (TPSA) is 17.3 Å². The number of aryl methyl sites for hydroxylation is 1. The normalized spacial score (nSPS) is 10.8. The molecule has 1 aromatic heterocycles. The molecule has 0 aliphatic rings. The summed E-state index contributed by atoms with van der Waals surface area (Å²) in [6.07, 6.45) is 0. The first-order valence-electron chi connectivity index (χ1n) is 8.37. The van der Waals surface area contributed by atoms with E-state index in [0.29, 0.717) is 0 Å². The van der Waals surface area contributed by atoms with E-state index >= 15 is 0 Å². The average Bonchev–Trinajstić information content (AvgIpc) is 3.03. The molecule has 0 aliphatic carbocycles. The molecular formula is C22H17IN2S. The van der Waals surface area contributed by atoms with Crippen LogP contribution in [0.2, 0.25) is 0 Å². The molecule has 0 N–H and O–H groups in total. The number of aliphatic imine (C=N–C) groups is 1. The molecule has 0 amide bonds. The zero-order valence-electron chi connectivity index (χ0n) is 14.3. The van der Waals surface area contributed by atoms with E-state index in [0.717, 1.165) is 22.5 Å². The molecule has 0 unspecified atom stereocenters. The van der Waals surface area contributed by atoms with Crippen molar-refractivity contribution >= 4 is 52.6 Å². The Hall–Kier alpha value is -2.05. The van der Waals surface area contributed by atoms with Gasteiger partial charge in [-0.15, -0.1) is 0 Å². The first-order chi connectivity index (χ1) is 12.8. The summed E-state index contributed by atoms with van der Waals surface area (Å²) in [6.45, 7) is 2.13. The lowest BCUT2D eigenvalue weighted by atomic mass is 10.0. The third-order valence-electron chi connectivity index (χ3n) is 4.35. The van der Waals surface area contributed by atoms with Crippen LogP contribution in [0.3, 0.4) is 0 Å². The van der Waals surface area contributed by atoms with E-state index in [-0.39, 0.29) is 0 Å². The predicted octanol–water partition coefficient (Wildman–Crippen LogP) is 6.97. The molecule has 3 aromatic carbocycles. The molecule has 0 radical (unpaired) electrons. The summed E-state index contributed by atoms with van der Waals surface area (Å²) in [4.78, 5) is 5.11. The second-order valence-corrected chi connectivity index (χ2v) is 7.74. The van der Waals surface area contributed by atoms with Crippen molar-refractivity contribution in [3.8, 4) is 0 Å². The minimum atomic E-state index is 0.992. The zero-order chi connectivity index (χ0) is 17.9. The van der Waals surface area contributed by atoms with Crippen molar-refractivity contribution in [2.45, 2.75) is 6.92 Å². The Balaban J connectivity index is 1.95. The largest absolute Gasteiger partial charge is 0.280 e. The molecule has 26 heavy (non-hydrogen) atoms. The highest BCUT2D eigenvalue weighted by Gasteiger charge is 2.11. The van der Waals surface area contributed by atoms with Crippen molar-refractivity contribution in [2.75, 3.05) is 0 Å². The second-order valence-electron chi connectivity index (χ2n) is 6.05. The molecule has 0 bridgehead atoms. The van der Waals surface area contributed by atoms with E-state index in [1.807, 2.05) is 12.1 Å². The van der Waals surface area contributed by atoms with Crippen LogP contribution in [0, 0.1) is 6.92 Å². The van der Waals surface area contributed by atoms with Crippen LogP contribution in [0.15, 0.2) is 89.9 Å². The number of nitrogens with zero attached hydrogens (tertiary/aromatic N) is 2. The number of rotatable bonds is 4. The average molecular weight is 468 g/mol. The van der Waals surface area contributed by atoms with Gasteiger partial charge >= 0.3 is 0 Å². The maximum Gasteiger partial charge on any atom is 0.0781 e. The van der Waals surface area contributed by atoms with Crippen LogP contribution in [0.4, 0.5) is 5.69 Å². The molecule has 0 saturated carbocycles. The van der Waals surface area contributed by atoms with Crippen LogP contribution in [0.25, 0.3) is 10.9 Å². The Morgan fingerprint density at radius 3 is 2.04 bits per heavy atom. The molecule has 0 fully saturated rings. The number of benzene rings is 3. The van der Waals surface area contributed by atoms with Gasteiger partial charge in [0.2, 0.25) is 0 Å². The molecular weight excluding hydrogens is 451 g/mol. The number of halogens is 1. The van der Waals surface area contributed by atoms with Gasteiger partial charge in [-0.05, 0) is 25.1 Å². The minimum Gasteiger partial charge on any atom is -0.280 e. The maximum absolute atomic E-state index is 5.11. The molecule has 2 nitrogen and oxygen atoms in total. The fraction of sp³-hybridized carbons (Fsp3) is 0.0455. The lowest BCUT2D eigenvalue weighted by Gasteiger charge is -2.08. The number of fused-ring (bicyclic) bond motifs is 1. The quantitative estimate of drug-likeness (QED) is 0.234. The SMILES string of the molecule is Cc1cc2c(N=C(c3ccccc3)c3ccccc3)cccc2n1SI. The van der Waals surface area contributed by atoms with Crippen molar-refractivity contribution in [1.82, 2.24) is 3.97 Å². The van der Waals surface area contributed by atoms with Gasteiger partial charge in [0.25, 0.3) is 0 Å². The summed E-state index contributed by atoms with van der Waals surface area (Å²) >= 11 is 2.32. The van der Waals surface area contributed by atoms with Gasteiger partial charge in [-0.2, -0.15) is 0 Å². The molecule has 0 saturated heterocycles. The summed E-state index contributed by atoms with van der Waals surface area (Å²) < 4.78 is 2.24. The summed E-state index contributed by atoms with van der Waals surface area (Å²) in [6, 6.07) is 29.3. The first kappa shape index (κ1) is 17.4.